The smallest absolute Gasteiger partial charge is 0.210 e. The van der Waals surface area contributed by atoms with Gasteiger partial charge in [-0.25, -0.2) is 0 Å². The van der Waals surface area contributed by atoms with E-state index in [9.17, 15) is 35.4 Å². The van der Waals surface area contributed by atoms with Gasteiger partial charge in [0.2, 0.25) is 6.29 Å². The van der Waals surface area contributed by atoms with Crippen LogP contribution >= 0.6 is 0 Å². The third-order valence-electron chi connectivity index (χ3n) is 5.13. The Morgan fingerprint density at radius 3 is 2.42 bits per heavy atom. The number of fused-ring (bicyclic) bond motifs is 1. The molecule has 2 aromatic carbocycles. The number of phenolic OH excluding ortho intramolecular Hbond substituents is 2. The molecule has 0 unspecified atom stereocenters. The molecule has 0 radical (unpaired) electrons. The lowest BCUT2D eigenvalue weighted by Gasteiger charge is -2.39. The molecule has 1 aliphatic heterocycles. The number of aliphatic hydroxyl groups excluding tert-OH is 4. The van der Waals surface area contributed by atoms with Crippen LogP contribution < -0.4 is 10.2 Å². The summed E-state index contributed by atoms with van der Waals surface area (Å²) >= 11 is 0. The molecule has 31 heavy (non-hydrogen) atoms. The summed E-state index contributed by atoms with van der Waals surface area (Å²) in [5, 5.41) is 58.4. The molecule has 0 spiro atoms. The number of aromatic hydroxyl groups is 2. The van der Waals surface area contributed by atoms with Crippen LogP contribution in [0.2, 0.25) is 0 Å². The summed E-state index contributed by atoms with van der Waals surface area (Å²) in [4.78, 5) is 12.5. The maximum absolute atomic E-state index is 12.5. The first-order chi connectivity index (χ1) is 14.8. The molecule has 10 nitrogen and oxygen atoms in total. The highest BCUT2D eigenvalue weighted by Crippen LogP contribution is 2.33. The van der Waals surface area contributed by atoms with Crippen molar-refractivity contribution < 1.29 is 44.5 Å². The van der Waals surface area contributed by atoms with Gasteiger partial charge in [0.25, 0.3) is 0 Å². The molecule has 10 heteroatoms. The van der Waals surface area contributed by atoms with Crippen molar-refractivity contribution in [2.75, 3.05) is 6.61 Å². The monoisotopic (exact) mass is 432 g/mol. The van der Waals surface area contributed by atoms with Gasteiger partial charge in [-0.15, -0.1) is 0 Å². The van der Waals surface area contributed by atoms with Crippen LogP contribution in [0.25, 0.3) is 22.3 Å². The fourth-order valence-electron chi connectivity index (χ4n) is 3.37. The molecule has 1 saturated heterocycles. The van der Waals surface area contributed by atoms with E-state index in [0.717, 1.165) is 0 Å². The Hall–Kier alpha value is -3.15. The van der Waals surface area contributed by atoms with Crippen LogP contribution in [0.15, 0.2) is 51.7 Å². The second-order valence-corrected chi connectivity index (χ2v) is 7.18. The molecule has 164 valence electrons. The summed E-state index contributed by atoms with van der Waals surface area (Å²) in [5.74, 6) is -1.43. The zero-order valence-electron chi connectivity index (χ0n) is 16.0. The van der Waals surface area contributed by atoms with Gasteiger partial charge < -0.3 is 44.5 Å². The van der Waals surface area contributed by atoms with Crippen LogP contribution in [-0.2, 0) is 4.74 Å². The molecular formula is C21H20O10. The summed E-state index contributed by atoms with van der Waals surface area (Å²) in [6.45, 7) is -0.577. The van der Waals surface area contributed by atoms with E-state index in [0.29, 0.717) is 5.56 Å². The van der Waals surface area contributed by atoms with Crippen molar-refractivity contribution in [3.8, 4) is 28.6 Å². The van der Waals surface area contributed by atoms with E-state index in [-0.39, 0.29) is 39.4 Å². The van der Waals surface area contributed by atoms with E-state index in [1.165, 1.54) is 42.5 Å². The number of rotatable bonds is 4. The predicted octanol–water partition coefficient (Wildman–Crippen LogP) is 0.255. The summed E-state index contributed by atoms with van der Waals surface area (Å²) in [5.41, 5.74) is 0.147. The molecule has 4 rings (SSSR count). The van der Waals surface area contributed by atoms with Crippen molar-refractivity contribution >= 4 is 11.0 Å². The van der Waals surface area contributed by atoms with Crippen molar-refractivity contribution in [2.45, 2.75) is 24.8 Å². The predicted molar refractivity (Wildman–Crippen MR) is 105 cm³/mol. The van der Waals surface area contributed by atoms with Crippen LogP contribution in [0, 0.1) is 5.92 Å². The zero-order valence-corrected chi connectivity index (χ0v) is 16.0. The Kier molecular flexibility index (Phi) is 5.56. The molecule has 3 aromatic rings. The highest BCUT2D eigenvalue weighted by atomic mass is 16.7. The molecule has 1 aromatic heterocycles. The van der Waals surface area contributed by atoms with Crippen molar-refractivity contribution in [1.82, 2.24) is 0 Å². The highest BCUT2D eigenvalue weighted by molar-refractivity contribution is 5.80. The molecule has 0 aliphatic carbocycles. The summed E-state index contributed by atoms with van der Waals surface area (Å²) in [6.07, 6.45) is -6.07. The molecule has 5 atom stereocenters. The minimum absolute atomic E-state index is 0.140. The fourth-order valence-corrected chi connectivity index (χ4v) is 3.37. The topological polar surface area (TPSA) is 170 Å². The average Bonchev–Trinajstić information content (AvgIpc) is 2.74. The van der Waals surface area contributed by atoms with Gasteiger partial charge in [0.05, 0.1) is 24.0 Å². The third kappa shape index (κ3) is 3.94. The molecule has 1 aliphatic rings. The molecular weight excluding hydrogens is 412 g/mol. The number of ether oxygens (including phenoxy) is 2. The second-order valence-electron chi connectivity index (χ2n) is 7.18. The van der Waals surface area contributed by atoms with Gasteiger partial charge in [-0.1, -0.05) is 0 Å². The van der Waals surface area contributed by atoms with Gasteiger partial charge in [-0.2, -0.15) is 0 Å². The summed E-state index contributed by atoms with van der Waals surface area (Å²) in [7, 11) is 0. The van der Waals surface area contributed by atoms with Crippen molar-refractivity contribution in [3.63, 3.8) is 0 Å². The Labute approximate surface area is 174 Å². The lowest BCUT2D eigenvalue weighted by Crippen LogP contribution is -2.57. The van der Waals surface area contributed by atoms with E-state index >= 15 is 0 Å². The van der Waals surface area contributed by atoms with Gasteiger partial charge >= 0.3 is 0 Å². The van der Waals surface area contributed by atoms with Crippen molar-refractivity contribution in [3.05, 3.63) is 52.7 Å². The fraction of sp³-hybridized carbons (Fsp3) is 0.286. The maximum Gasteiger partial charge on any atom is 0.210 e. The second kappa shape index (κ2) is 8.17. The molecule has 0 saturated carbocycles. The quantitative estimate of drug-likeness (QED) is 0.314. The molecule has 2 heterocycles. The normalized spacial score (nSPS) is 26.1. The Bertz CT molecular complexity index is 1160. The molecule has 1 fully saturated rings. The first-order valence-corrected chi connectivity index (χ1v) is 9.36. The molecule has 6 N–H and O–H groups in total. The summed E-state index contributed by atoms with van der Waals surface area (Å²) in [6, 6.07) is 9.51. The van der Waals surface area contributed by atoms with E-state index in [1.807, 2.05) is 0 Å². The number of aliphatic hydroxyl groups is 4. The SMILES string of the molecule is O=c1cc(-c2ccc(O)c(O)c2)oc2cc(O[C@@H]3O[C@H](O)[C@@H](O)[C@H](O)[C@@H]3CO)ccc12. The van der Waals surface area contributed by atoms with Crippen LogP contribution in [0.4, 0.5) is 0 Å². The van der Waals surface area contributed by atoms with E-state index in [4.69, 9.17) is 13.9 Å². The van der Waals surface area contributed by atoms with Gasteiger partial charge in [0.1, 0.15) is 23.2 Å². The van der Waals surface area contributed by atoms with Gasteiger partial charge in [-0.3, -0.25) is 4.79 Å². The average molecular weight is 432 g/mol. The molecule has 0 bridgehead atoms. The van der Waals surface area contributed by atoms with Crippen molar-refractivity contribution in [1.29, 1.82) is 0 Å². The standard InChI is InChI=1S/C21H20O10/c22-8-12-18(26)19(27)20(28)31-21(12)29-10-2-3-11-14(24)7-16(30-17(11)6-10)9-1-4-13(23)15(25)5-9/h1-7,12,18-23,25-28H,8H2/t12-,18+,19-,20-,21+/m0/s1. The third-order valence-corrected chi connectivity index (χ3v) is 5.13. The van der Waals surface area contributed by atoms with Crippen LogP contribution in [-0.4, -0.2) is 62.0 Å². The summed E-state index contributed by atoms with van der Waals surface area (Å²) < 4.78 is 16.5. The minimum Gasteiger partial charge on any atom is -0.504 e. The van der Waals surface area contributed by atoms with Gasteiger partial charge in [0.15, 0.2) is 23.2 Å². The highest BCUT2D eigenvalue weighted by Gasteiger charge is 2.44. The van der Waals surface area contributed by atoms with Crippen LogP contribution in [0.1, 0.15) is 0 Å². The number of hydrogen-bond acceptors (Lipinski definition) is 10. The Morgan fingerprint density at radius 2 is 1.71 bits per heavy atom. The molecule has 0 amide bonds. The van der Waals surface area contributed by atoms with E-state index < -0.39 is 37.3 Å². The number of hydrogen-bond donors (Lipinski definition) is 6. The lowest BCUT2D eigenvalue weighted by atomic mass is 9.94. The number of benzene rings is 2. The Balaban J connectivity index is 1.68. The van der Waals surface area contributed by atoms with Gasteiger partial charge in [-0.05, 0) is 30.3 Å². The number of phenols is 2. The first-order valence-electron chi connectivity index (χ1n) is 9.36. The van der Waals surface area contributed by atoms with Crippen molar-refractivity contribution in [2.24, 2.45) is 5.92 Å². The largest absolute Gasteiger partial charge is 0.504 e. The Morgan fingerprint density at radius 1 is 0.935 bits per heavy atom. The zero-order chi connectivity index (χ0) is 22.3. The minimum atomic E-state index is -1.71. The van der Waals surface area contributed by atoms with E-state index in [2.05, 4.69) is 0 Å². The lowest BCUT2D eigenvalue weighted by molar-refractivity contribution is -0.312. The van der Waals surface area contributed by atoms with Crippen LogP contribution in [0.3, 0.4) is 0 Å². The van der Waals surface area contributed by atoms with E-state index in [1.54, 1.807) is 0 Å². The van der Waals surface area contributed by atoms with Gasteiger partial charge in [0, 0.05) is 17.7 Å². The van der Waals surface area contributed by atoms with Crippen LogP contribution in [0.5, 0.6) is 17.2 Å². The maximum atomic E-state index is 12.5. The first kappa shape index (κ1) is 21.1.